The lowest BCUT2D eigenvalue weighted by molar-refractivity contribution is 0.0974. The molecule has 0 amide bonds. The van der Waals surface area contributed by atoms with Gasteiger partial charge in [-0.3, -0.25) is 9.59 Å². The number of fused-ring (bicyclic) bond motifs is 2. The molecule has 0 bridgehead atoms. The number of aryl methyl sites for hydroxylation is 1. The van der Waals surface area contributed by atoms with Gasteiger partial charge in [-0.25, -0.2) is 0 Å². The second-order valence-electron chi connectivity index (χ2n) is 5.47. The van der Waals surface area contributed by atoms with E-state index in [1.807, 2.05) is 0 Å². The SMILES string of the molecule is COc1c(CCO)ccc2c1C(=O)c1ccc(C)c(O)c1C2=O. The van der Waals surface area contributed by atoms with Crippen molar-refractivity contribution >= 4 is 11.6 Å². The number of hydrogen-bond donors (Lipinski definition) is 2. The third-order valence-electron chi connectivity index (χ3n) is 4.15. The van der Waals surface area contributed by atoms with Crippen LogP contribution in [0.3, 0.4) is 0 Å². The van der Waals surface area contributed by atoms with E-state index in [0.29, 0.717) is 23.3 Å². The molecule has 0 aromatic heterocycles. The highest BCUT2D eigenvalue weighted by atomic mass is 16.5. The van der Waals surface area contributed by atoms with E-state index in [9.17, 15) is 14.7 Å². The molecule has 118 valence electrons. The lowest BCUT2D eigenvalue weighted by Crippen LogP contribution is -2.23. The first-order valence-electron chi connectivity index (χ1n) is 7.24. The predicted molar refractivity (Wildman–Crippen MR) is 83.5 cm³/mol. The third kappa shape index (κ3) is 2.12. The molecule has 5 heteroatoms. The molecule has 2 aromatic rings. The molecule has 0 saturated heterocycles. The molecule has 3 rings (SSSR count). The van der Waals surface area contributed by atoms with Crippen molar-refractivity contribution < 1.29 is 24.5 Å². The fourth-order valence-electron chi connectivity index (χ4n) is 2.97. The molecule has 0 atom stereocenters. The van der Waals surface area contributed by atoms with Crippen molar-refractivity contribution in [1.82, 2.24) is 0 Å². The number of phenols is 1. The van der Waals surface area contributed by atoms with Crippen molar-refractivity contribution in [2.75, 3.05) is 13.7 Å². The molecule has 23 heavy (non-hydrogen) atoms. The van der Waals surface area contributed by atoms with Crippen LogP contribution >= 0.6 is 0 Å². The van der Waals surface area contributed by atoms with Crippen LogP contribution in [0.15, 0.2) is 24.3 Å². The minimum absolute atomic E-state index is 0.0412. The van der Waals surface area contributed by atoms with Crippen LogP contribution in [0.1, 0.15) is 43.0 Å². The summed E-state index contributed by atoms with van der Waals surface area (Å²) in [6.07, 6.45) is 0.323. The number of phenolic OH excluding ortho intramolecular Hbond substituents is 1. The van der Waals surface area contributed by atoms with Crippen molar-refractivity contribution in [3.8, 4) is 11.5 Å². The third-order valence-corrected chi connectivity index (χ3v) is 4.15. The van der Waals surface area contributed by atoms with Crippen molar-refractivity contribution in [2.24, 2.45) is 0 Å². The predicted octanol–water partition coefficient (Wildman–Crippen LogP) is 2.02. The Morgan fingerprint density at radius 2 is 1.61 bits per heavy atom. The van der Waals surface area contributed by atoms with Crippen molar-refractivity contribution in [2.45, 2.75) is 13.3 Å². The summed E-state index contributed by atoms with van der Waals surface area (Å²) >= 11 is 0. The standard InChI is InChI=1S/C18H16O5/c1-9-3-5-11-13(15(9)20)16(21)12-6-4-10(7-8-19)18(23-2)14(12)17(11)22/h3-6,19-20H,7-8H2,1-2H3. The van der Waals surface area contributed by atoms with Gasteiger partial charge in [0.05, 0.1) is 18.2 Å². The summed E-state index contributed by atoms with van der Waals surface area (Å²) in [7, 11) is 1.43. The Balaban J connectivity index is 2.31. The first-order chi connectivity index (χ1) is 11.0. The molecular formula is C18H16O5. The summed E-state index contributed by atoms with van der Waals surface area (Å²) in [4.78, 5) is 25.6. The second-order valence-corrected chi connectivity index (χ2v) is 5.47. The second kappa shape index (κ2) is 5.52. The fraction of sp³-hybridized carbons (Fsp3) is 0.222. The first kappa shape index (κ1) is 15.2. The molecule has 0 aliphatic heterocycles. The van der Waals surface area contributed by atoms with E-state index in [1.165, 1.54) is 7.11 Å². The molecule has 5 nitrogen and oxygen atoms in total. The molecule has 0 radical (unpaired) electrons. The molecular weight excluding hydrogens is 296 g/mol. The largest absolute Gasteiger partial charge is 0.507 e. The Hall–Kier alpha value is -2.66. The van der Waals surface area contributed by atoms with Crippen LogP contribution in [-0.2, 0) is 6.42 Å². The zero-order valence-corrected chi connectivity index (χ0v) is 12.8. The lowest BCUT2D eigenvalue weighted by Gasteiger charge is -2.22. The maximum absolute atomic E-state index is 12.8. The molecule has 0 spiro atoms. The molecule has 0 saturated carbocycles. The van der Waals surface area contributed by atoms with Gasteiger partial charge < -0.3 is 14.9 Å². The Labute approximate surface area is 133 Å². The minimum atomic E-state index is -0.398. The highest BCUT2D eigenvalue weighted by Gasteiger charge is 2.35. The number of rotatable bonds is 3. The Morgan fingerprint density at radius 1 is 1.00 bits per heavy atom. The normalized spacial score (nSPS) is 12.8. The van der Waals surface area contributed by atoms with Gasteiger partial charge in [0.1, 0.15) is 11.5 Å². The number of benzene rings is 2. The summed E-state index contributed by atoms with van der Waals surface area (Å²) in [5.41, 5.74) is 1.82. The topological polar surface area (TPSA) is 83.8 Å². The Morgan fingerprint density at radius 3 is 2.26 bits per heavy atom. The van der Waals surface area contributed by atoms with Gasteiger partial charge >= 0.3 is 0 Å². The number of carbonyl (C=O) groups is 2. The van der Waals surface area contributed by atoms with Crippen molar-refractivity contribution in [3.63, 3.8) is 0 Å². The Bertz CT molecular complexity index is 836. The van der Waals surface area contributed by atoms with Gasteiger partial charge in [0.25, 0.3) is 0 Å². The van der Waals surface area contributed by atoms with Gasteiger partial charge in [-0.05, 0) is 36.6 Å². The van der Waals surface area contributed by atoms with Crippen LogP contribution in [0, 0.1) is 6.92 Å². The van der Waals surface area contributed by atoms with E-state index in [0.717, 1.165) is 0 Å². The average molecular weight is 312 g/mol. The molecule has 0 fully saturated rings. The monoisotopic (exact) mass is 312 g/mol. The molecule has 2 aromatic carbocycles. The number of ketones is 2. The van der Waals surface area contributed by atoms with Crippen molar-refractivity contribution in [1.29, 1.82) is 0 Å². The number of aliphatic hydroxyl groups excluding tert-OH is 1. The zero-order chi connectivity index (χ0) is 16.7. The van der Waals surface area contributed by atoms with E-state index >= 15 is 0 Å². The van der Waals surface area contributed by atoms with E-state index in [2.05, 4.69) is 0 Å². The first-order valence-corrected chi connectivity index (χ1v) is 7.24. The van der Waals surface area contributed by atoms with Crippen molar-refractivity contribution in [3.05, 3.63) is 57.6 Å². The molecule has 0 heterocycles. The Kier molecular flexibility index (Phi) is 3.66. The van der Waals surface area contributed by atoms with E-state index < -0.39 is 5.78 Å². The van der Waals surface area contributed by atoms with Crippen LogP contribution in [0.4, 0.5) is 0 Å². The summed E-state index contributed by atoms with van der Waals surface area (Å²) < 4.78 is 5.34. The summed E-state index contributed by atoms with van der Waals surface area (Å²) in [6.45, 7) is 1.58. The van der Waals surface area contributed by atoms with Gasteiger partial charge in [-0.15, -0.1) is 0 Å². The number of aliphatic hydroxyl groups is 1. The molecule has 2 N–H and O–H groups in total. The van der Waals surface area contributed by atoms with Crippen LogP contribution < -0.4 is 4.74 Å². The highest BCUT2D eigenvalue weighted by molar-refractivity contribution is 6.30. The molecule has 1 aliphatic carbocycles. The van der Waals surface area contributed by atoms with E-state index in [4.69, 9.17) is 9.84 Å². The number of ether oxygens (including phenoxy) is 1. The van der Waals surface area contributed by atoms with Gasteiger partial charge in [0.15, 0.2) is 11.6 Å². The minimum Gasteiger partial charge on any atom is -0.507 e. The quantitative estimate of drug-likeness (QED) is 0.773. The summed E-state index contributed by atoms with van der Waals surface area (Å²) in [5, 5.41) is 19.3. The van der Waals surface area contributed by atoms with Gasteiger partial charge in [0.2, 0.25) is 0 Å². The van der Waals surface area contributed by atoms with Crippen LogP contribution in [0.5, 0.6) is 11.5 Å². The van der Waals surface area contributed by atoms with Gasteiger partial charge in [-0.2, -0.15) is 0 Å². The van der Waals surface area contributed by atoms with E-state index in [1.54, 1.807) is 31.2 Å². The summed E-state index contributed by atoms with van der Waals surface area (Å²) in [5.74, 6) is -0.614. The van der Waals surface area contributed by atoms with Gasteiger partial charge in [-0.1, -0.05) is 12.1 Å². The highest BCUT2D eigenvalue weighted by Crippen LogP contribution is 2.39. The fourth-order valence-corrected chi connectivity index (χ4v) is 2.97. The average Bonchev–Trinajstić information content (AvgIpc) is 2.55. The van der Waals surface area contributed by atoms with Crippen LogP contribution in [0.2, 0.25) is 0 Å². The van der Waals surface area contributed by atoms with Crippen LogP contribution in [0.25, 0.3) is 0 Å². The molecule has 1 aliphatic rings. The number of methoxy groups -OCH3 is 1. The zero-order valence-electron chi connectivity index (χ0n) is 12.8. The number of aromatic hydroxyl groups is 1. The maximum Gasteiger partial charge on any atom is 0.198 e. The summed E-state index contributed by atoms with van der Waals surface area (Å²) in [6, 6.07) is 6.37. The van der Waals surface area contributed by atoms with E-state index in [-0.39, 0.29) is 40.4 Å². The molecule has 0 unspecified atom stereocenters. The smallest absolute Gasteiger partial charge is 0.198 e. The maximum atomic E-state index is 12.8. The number of carbonyl (C=O) groups excluding carboxylic acids is 2. The van der Waals surface area contributed by atoms with Gasteiger partial charge in [0, 0.05) is 17.7 Å². The lowest BCUT2D eigenvalue weighted by atomic mass is 9.81. The number of hydrogen-bond acceptors (Lipinski definition) is 5. The van der Waals surface area contributed by atoms with Crippen LogP contribution in [-0.4, -0.2) is 35.5 Å².